The van der Waals surface area contributed by atoms with Gasteiger partial charge < -0.3 is 5.73 Å². The summed E-state index contributed by atoms with van der Waals surface area (Å²) in [5, 5.41) is 4.16. The van der Waals surface area contributed by atoms with E-state index < -0.39 is 0 Å². The van der Waals surface area contributed by atoms with E-state index in [1.807, 2.05) is 35.1 Å². The van der Waals surface area contributed by atoms with E-state index in [-0.39, 0.29) is 6.04 Å². The number of pyridine rings is 1. The second kappa shape index (κ2) is 4.02. The van der Waals surface area contributed by atoms with E-state index >= 15 is 0 Å². The Morgan fingerprint density at radius 3 is 2.79 bits per heavy atom. The largest absolute Gasteiger partial charge is 0.328 e. The van der Waals surface area contributed by atoms with Crippen molar-refractivity contribution >= 4 is 0 Å². The topological polar surface area (TPSA) is 56.7 Å². The highest BCUT2D eigenvalue weighted by molar-refractivity contribution is 5.10. The van der Waals surface area contributed by atoms with Crippen molar-refractivity contribution in [1.82, 2.24) is 14.8 Å². The Morgan fingerprint density at radius 2 is 2.21 bits per heavy atom. The number of hydrogen-bond donors (Lipinski definition) is 1. The van der Waals surface area contributed by atoms with Gasteiger partial charge >= 0.3 is 0 Å². The summed E-state index contributed by atoms with van der Waals surface area (Å²) in [7, 11) is 0. The van der Waals surface area contributed by atoms with Gasteiger partial charge in [0, 0.05) is 25.1 Å². The van der Waals surface area contributed by atoms with Gasteiger partial charge in [0.2, 0.25) is 0 Å². The molecule has 2 aromatic heterocycles. The lowest BCUT2D eigenvalue weighted by atomic mass is 10.2. The second-order valence-electron chi connectivity index (χ2n) is 2.99. The summed E-state index contributed by atoms with van der Waals surface area (Å²) >= 11 is 0. The van der Waals surface area contributed by atoms with Gasteiger partial charge in [0.05, 0.1) is 5.69 Å². The van der Waals surface area contributed by atoms with Gasteiger partial charge in [0.25, 0.3) is 0 Å². The van der Waals surface area contributed by atoms with Crippen molar-refractivity contribution < 1.29 is 0 Å². The Hall–Kier alpha value is -1.68. The number of nitrogens with two attached hydrogens (primary N) is 1. The third-order valence-corrected chi connectivity index (χ3v) is 2.10. The summed E-state index contributed by atoms with van der Waals surface area (Å²) in [6.45, 7) is 0.499. The van der Waals surface area contributed by atoms with Crippen LogP contribution in [-0.2, 0) is 0 Å². The van der Waals surface area contributed by atoms with E-state index in [4.69, 9.17) is 5.73 Å². The van der Waals surface area contributed by atoms with Crippen LogP contribution in [0, 0.1) is 0 Å². The summed E-state index contributed by atoms with van der Waals surface area (Å²) in [4.78, 5) is 4.27. The molecule has 0 amide bonds. The zero-order chi connectivity index (χ0) is 9.80. The average Bonchev–Trinajstić information content (AvgIpc) is 2.74. The molecule has 0 aliphatic carbocycles. The summed E-state index contributed by atoms with van der Waals surface area (Å²) in [5.74, 6) is 0. The Kier molecular flexibility index (Phi) is 2.55. The van der Waals surface area contributed by atoms with Gasteiger partial charge in [-0.15, -0.1) is 0 Å². The second-order valence-corrected chi connectivity index (χ2v) is 2.99. The predicted octanol–water partition coefficient (Wildman–Crippen LogP) is 0.826. The summed E-state index contributed by atoms with van der Waals surface area (Å²) in [6.07, 6.45) is 5.40. The first-order valence-corrected chi connectivity index (χ1v) is 4.52. The Balaban J connectivity index is 2.31. The summed E-state index contributed by atoms with van der Waals surface area (Å²) in [5.41, 5.74) is 6.64. The molecule has 0 bridgehead atoms. The maximum absolute atomic E-state index is 5.70. The van der Waals surface area contributed by atoms with Crippen LogP contribution in [-0.4, -0.2) is 21.3 Å². The minimum absolute atomic E-state index is 0.0335. The Labute approximate surface area is 82.4 Å². The highest BCUT2D eigenvalue weighted by Gasteiger charge is 2.11. The molecule has 1 atom stereocenters. The smallest absolute Gasteiger partial charge is 0.106 e. The first kappa shape index (κ1) is 8.90. The van der Waals surface area contributed by atoms with E-state index in [0.717, 1.165) is 5.69 Å². The zero-order valence-corrected chi connectivity index (χ0v) is 7.74. The van der Waals surface area contributed by atoms with Crippen LogP contribution in [0.15, 0.2) is 42.9 Å². The van der Waals surface area contributed by atoms with Crippen LogP contribution in [0.2, 0.25) is 0 Å². The molecule has 14 heavy (non-hydrogen) atoms. The molecule has 4 heteroatoms. The average molecular weight is 188 g/mol. The van der Waals surface area contributed by atoms with E-state index in [1.165, 1.54) is 0 Å². The molecule has 4 nitrogen and oxygen atoms in total. The molecule has 0 saturated carbocycles. The third-order valence-electron chi connectivity index (χ3n) is 2.10. The molecule has 0 radical (unpaired) electrons. The molecule has 0 aromatic carbocycles. The molecular weight excluding hydrogens is 176 g/mol. The highest BCUT2D eigenvalue weighted by Crippen LogP contribution is 2.12. The maximum atomic E-state index is 5.70. The molecule has 2 aromatic rings. The molecular formula is C10H12N4. The van der Waals surface area contributed by atoms with Crippen molar-refractivity contribution in [2.24, 2.45) is 5.73 Å². The number of rotatable bonds is 3. The fraction of sp³-hybridized carbons (Fsp3) is 0.200. The minimum Gasteiger partial charge on any atom is -0.328 e. The first-order chi connectivity index (χ1) is 6.92. The Morgan fingerprint density at radius 1 is 1.29 bits per heavy atom. The van der Waals surface area contributed by atoms with Gasteiger partial charge in [-0.2, -0.15) is 5.10 Å². The van der Waals surface area contributed by atoms with Crippen molar-refractivity contribution in [3.63, 3.8) is 0 Å². The fourth-order valence-electron chi connectivity index (χ4n) is 1.40. The highest BCUT2D eigenvalue weighted by atomic mass is 15.3. The van der Waals surface area contributed by atoms with Gasteiger partial charge in [0.1, 0.15) is 6.04 Å². The van der Waals surface area contributed by atoms with E-state index in [9.17, 15) is 0 Å². The number of nitrogens with zero attached hydrogens (tertiary/aromatic N) is 3. The summed E-state index contributed by atoms with van der Waals surface area (Å²) < 4.78 is 1.82. The minimum atomic E-state index is 0.0335. The molecule has 1 unspecified atom stereocenters. The molecule has 0 saturated heterocycles. The van der Waals surface area contributed by atoms with E-state index in [2.05, 4.69) is 10.1 Å². The normalized spacial score (nSPS) is 12.6. The molecule has 0 aliphatic heterocycles. The van der Waals surface area contributed by atoms with Crippen molar-refractivity contribution in [2.45, 2.75) is 6.04 Å². The number of hydrogen-bond acceptors (Lipinski definition) is 3. The number of aromatic nitrogens is 3. The van der Waals surface area contributed by atoms with Crippen molar-refractivity contribution in [1.29, 1.82) is 0 Å². The molecule has 72 valence electrons. The zero-order valence-electron chi connectivity index (χ0n) is 7.74. The van der Waals surface area contributed by atoms with Gasteiger partial charge in [-0.25, -0.2) is 0 Å². The predicted molar refractivity (Wildman–Crippen MR) is 53.7 cm³/mol. The molecule has 0 aliphatic rings. The quantitative estimate of drug-likeness (QED) is 0.776. The van der Waals surface area contributed by atoms with Gasteiger partial charge in [0.15, 0.2) is 0 Å². The molecule has 2 N–H and O–H groups in total. The van der Waals surface area contributed by atoms with Crippen molar-refractivity contribution in [3.05, 3.63) is 48.5 Å². The van der Waals surface area contributed by atoms with Crippen LogP contribution in [0.25, 0.3) is 0 Å². The fourth-order valence-corrected chi connectivity index (χ4v) is 1.40. The lowest BCUT2D eigenvalue weighted by molar-refractivity contribution is 0.520. The van der Waals surface area contributed by atoms with Crippen LogP contribution < -0.4 is 5.73 Å². The lowest BCUT2D eigenvalue weighted by Crippen LogP contribution is -2.21. The van der Waals surface area contributed by atoms with Gasteiger partial charge in [-0.05, 0) is 18.2 Å². The van der Waals surface area contributed by atoms with Crippen LogP contribution in [0.3, 0.4) is 0 Å². The van der Waals surface area contributed by atoms with Crippen LogP contribution in [0.5, 0.6) is 0 Å². The summed E-state index contributed by atoms with van der Waals surface area (Å²) in [6, 6.07) is 7.71. The van der Waals surface area contributed by atoms with Gasteiger partial charge in [-0.3, -0.25) is 9.67 Å². The van der Waals surface area contributed by atoms with E-state index in [0.29, 0.717) is 6.54 Å². The Bertz CT molecular complexity index is 368. The molecule has 2 heterocycles. The standard InChI is InChI=1S/C10H12N4/c11-8-10(14-7-3-6-13-14)9-4-1-2-5-12-9/h1-7,10H,8,11H2. The molecule has 0 spiro atoms. The van der Waals surface area contributed by atoms with Crippen molar-refractivity contribution in [3.8, 4) is 0 Å². The lowest BCUT2D eigenvalue weighted by Gasteiger charge is -2.14. The first-order valence-electron chi connectivity index (χ1n) is 4.52. The van der Waals surface area contributed by atoms with Crippen LogP contribution in [0.4, 0.5) is 0 Å². The van der Waals surface area contributed by atoms with E-state index in [1.54, 1.807) is 12.4 Å². The maximum Gasteiger partial charge on any atom is 0.106 e. The van der Waals surface area contributed by atoms with Crippen LogP contribution >= 0.6 is 0 Å². The third kappa shape index (κ3) is 1.65. The van der Waals surface area contributed by atoms with Gasteiger partial charge in [-0.1, -0.05) is 6.07 Å². The monoisotopic (exact) mass is 188 g/mol. The van der Waals surface area contributed by atoms with Crippen molar-refractivity contribution in [2.75, 3.05) is 6.54 Å². The molecule has 0 fully saturated rings. The SMILES string of the molecule is NCC(c1ccccn1)n1cccn1. The molecule has 2 rings (SSSR count). The van der Waals surface area contributed by atoms with Crippen LogP contribution in [0.1, 0.15) is 11.7 Å².